The van der Waals surface area contributed by atoms with E-state index in [4.69, 9.17) is 11.6 Å². The first-order valence-corrected chi connectivity index (χ1v) is 11.1. The third kappa shape index (κ3) is 4.69. The molecule has 2 aromatic heterocycles. The van der Waals surface area contributed by atoms with Gasteiger partial charge in [0, 0.05) is 42.6 Å². The van der Waals surface area contributed by atoms with Crippen molar-refractivity contribution in [2.75, 3.05) is 44.2 Å². The molecule has 1 aliphatic heterocycles. The van der Waals surface area contributed by atoms with Crippen molar-refractivity contribution >= 4 is 44.9 Å². The van der Waals surface area contributed by atoms with E-state index in [1.165, 1.54) is 0 Å². The summed E-state index contributed by atoms with van der Waals surface area (Å²) < 4.78 is 1.10. The van der Waals surface area contributed by atoms with Crippen molar-refractivity contribution in [1.29, 1.82) is 0 Å². The molecule has 29 heavy (non-hydrogen) atoms. The summed E-state index contributed by atoms with van der Waals surface area (Å²) in [4.78, 5) is 26.7. The van der Waals surface area contributed by atoms with Crippen LogP contribution in [0.2, 0.25) is 5.02 Å². The summed E-state index contributed by atoms with van der Waals surface area (Å²) in [5.41, 5.74) is 2.09. The molecule has 0 spiro atoms. The molecule has 1 aromatic carbocycles. The molecule has 0 saturated carbocycles. The molecule has 1 N–H and O–H groups in total. The number of carbonyl (C=O) groups excluding carboxylic acids is 1. The highest BCUT2D eigenvalue weighted by atomic mass is 35.5. The van der Waals surface area contributed by atoms with Gasteiger partial charge in [-0.2, -0.15) is 0 Å². The van der Waals surface area contributed by atoms with Crippen LogP contribution in [0.5, 0.6) is 0 Å². The maximum Gasteiger partial charge on any atom is 0.234 e. The van der Waals surface area contributed by atoms with E-state index in [2.05, 4.69) is 38.1 Å². The Bertz CT molecular complexity index is 982. The lowest BCUT2D eigenvalue weighted by Gasteiger charge is -2.35. The normalized spacial score (nSPS) is 15.0. The number of rotatable bonds is 6. The second kappa shape index (κ2) is 9.07. The van der Waals surface area contributed by atoms with Crippen molar-refractivity contribution in [2.45, 2.75) is 13.3 Å². The van der Waals surface area contributed by atoms with Crippen LogP contribution in [0.1, 0.15) is 13.3 Å². The third-order valence-electron chi connectivity index (χ3n) is 5.03. The van der Waals surface area contributed by atoms with Crippen LogP contribution in [0.4, 0.5) is 5.82 Å². The molecule has 0 bridgehead atoms. The van der Waals surface area contributed by atoms with Gasteiger partial charge < -0.3 is 10.2 Å². The first-order valence-electron chi connectivity index (χ1n) is 9.88. The zero-order valence-corrected chi connectivity index (χ0v) is 18.0. The molecular formula is C21H24ClN5OS. The van der Waals surface area contributed by atoms with Crippen LogP contribution < -0.4 is 10.2 Å². The van der Waals surface area contributed by atoms with Gasteiger partial charge in [0.05, 0.1) is 16.8 Å². The molecular weight excluding hydrogens is 406 g/mol. The van der Waals surface area contributed by atoms with Crippen LogP contribution in [0.25, 0.3) is 20.7 Å². The van der Waals surface area contributed by atoms with Crippen molar-refractivity contribution in [2.24, 2.45) is 0 Å². The maximum atomic E-state index is 12.0. The molecule has 3 aromatic rings. The smallest absolute Gasteiger partial charge is 0.234 e. The predicted molar refractivity (Wildman–Crippen MR) is 120 cm³/mol. The third-order valence-corrected chi connectivity index (χ3v) is 6.45. The summed E-state index contributed by atoms with van der Waals surface area (Å²) >= 11 is 7.73. The number of hydrogen-bond donors (Lipinski definition) is 1. The van der Waals surface area contributed by atoms with Gasteiger partial charge in [-0.15, -0.1) is 11.3 Å². The van der Waals surface area contributed by atoms with Gasteiger partial charge in [0.1, 0.15) is 12.1 Å². The summed E-state index contributed by atoms with van der Waals surface area (Å²) in [5, 5.41) is 3.68. The SMILES string of the molecule is CCCNC(=O)CN1CCN(c2ncnc3cc(-c4ccc(Cl)cc4)sc23)CC1. The van der Waals surface area contributed by atoms with Gasteiger partial charge in [-0.3, -0.25) is 9.69 Å². The van der Waals surface area contributed by atoms with Gasteiger partial charge in [0.2, 0.25) is 5.91 Å². The Morgan fingerprint density at radius 2 is 1.93 bits per heavy atom. The van der Waals surface area contributed by atoms with E-state index in [0.29, 0.717) is 6.54 Å². The number of aromatic nitrogens is 2. The Hall–Kier alpha value is -2.22. The Morgan fingerprint density at radius 1 is 1.17 bits per heavy atom. The first kappa shape index (κ1) is 20.1. The quantitative estimate of drug-likeness (QED) is 0.647. The van der Waals surface area contributed by atoms with Crippen LogP contribution in [0.15, 0.2) is 36.7 Å². The van der Waals surface area contributed by atoms with Gasteiger partial charge in [0.25, 0.3) is 0 Å². The molecule has 0 radical (unpaired) electrons. The lowest BCUT2D eigenvalue weighted by Crippen LogP contribution is -2.49. The second-order valence-corrected chi connectivity index (χ2v) is 8.63. The minimum absolute atomic E-state index is 0.107. The van der Waals surface area contributed by atoms with E-state index in [1.54, 1.807) is 17.7 Å². The summed E-state index contributed by atoms with van der Waals surface area (Å²) in [7, 11) is 0. The molecule has 4 rings (SSSR count). The number of nitrogens with one attached hydrogen (secondary N) is 1. The molecule has 1 amide bonds. The largest absolute Gasteiger partial charge is 0.355 e. The maximum absolute atomic E-state index is 12.0. The van der Waals surface area contributed by atoms with Crippen molar-refractivity contribution in [1.82, 2.24) is 20.2 Å². The summed E-state index contributed by atoms with van der Waals surface area (Å²) in [6, 6.07) is 9.99. The number of halogens is 1. The molecule has 0 aliphatic carbocycles. The van der Waals surface area contributed by atoms with Crippen molar-refractivity contribution < 1.29 is 4.79 Å². The minimum Gasteiger partial charge on any atom is -0.355 e. The van der Waals surface area contributed by atoms with E-state index >= 15 is 0 Å². The number of nitrogens with zero attached hydrogens (tertiary/aromatic N) is 4. The van der Waals surface area contributed by atoms with Crippen LogP contribution in [-0.4, -0.2) is 60.0 Å². The van der Waals surface area contributed by atoms with Crippen molar-refractivity contribution in [3.63, 3.8) is 0 Å². The van der Waals surface area contributed by atoms with E-state index < -0.39 is 0 Å². The van der Waals surface area contributed by atoms with Gasteiger partial charge in [-0.1, -0.05) is 30.7 Å². The lowest BCUT2D eigenvalue weighted by atomic mass is 10.2. The highest BCUT2D eigenvalue weighted by molar-refractivity contribution is 7.22. The van der Waals surface area contributed by atoms with E-state index in [1.807, 2.05) is 24.3 Å². The van der Waals surface area contributed by atoms with Gasteiger partial charge >= 0.3 is 0 Å². The average molecular weight is 430 g/mol. The second-order valence-electron chi connectivity index (χ2n) is 7.14. The van der Waals surface area contributed by atoms with Crippen molar-refractivity contribution in [3.05, 3.63) is 41.7 Å². The predicted octanol–water partition coefficient (Wildman–Crippen LogP) is 3.66. The monoisotopic (exact) mass is 429 g/mol. The highest BCUT2D eigenvalue weighted by Gasteiger charge is 2.22. The lowest BCUT2D eigenvalue weighted by molar-refractivity contribution is -0.122. The number of fused-ring (bicyclic) bond motifs is 1. The van der Waals surface area contributed by atoms with Crippen LogP contribution >= 0.6 is 22.9 Å². The molecule has 1 fully saturated rings. The van der Waals surface area contributed by atoms with Gasteiger partial charge in [-0.25, -0.2) is 9.97 Å². The number of benzene rings is 1. The fourth-order valence-electron chi connectivity index (χ4n) is 3.46. The first-order chi connectivity index (χ1) is 14.1. The zero-order chi connectivity index (χ0) is 20.2. The van der Waals surface area contributed by atoms with E-state index in [0.717, 1.165) is 70.6 Å². The Kier molecular flexibility index (Phi) is 6.28. The summed E-state index contributed by atoms with van der Waals surface area (Å²) in [6.45, 7) is 6.66. The molecule has 6 nitrogen and oxygen atoms in total. The standard InChI is InChI=1S/C21H24ClN5OS/c1-2-7-23-19(28)13-26-8-10-27(11-9-26)21-20-17(24-14-25-21)12-18(29-20)15-3-5-16(22)6-4-15/h3-6,12,14H,2,7-11,13H2,1H3,(H,23,28). The number of thiophene rings is 1. The van der Waals surface area contributed by atoms with Gasteiger partial charge in [0.15, 0.2) is 0 Å². The summed E-state index contributed by atoms with van der Waals surface area (Å²) in [6.07, 6.45) is 2.60. The molecule has 0 atom stereocenters. The highest BCUT2D eigenvalue weighted by Crippen LogP contribution is 2.37. The fraction of sp³-hybridized carbons (Fsp3) is 0.381. The molecule has 1 aliphatic rings. The van der Waals surface area contributed by atoms with Crippen LogP contribution in [-0.2, 0) is 4.79 Å². The topological polar surface area (TPSA) is 61.4 Å². The molecule has 8 heteroatoms. The number of piperazine rings is 1. The van der Waals surface area contributed by atoms with Crippen LogP contribution in [0.3, 0.4) is 0 Å². The average Bonchev–Trinajstić information content (AvgIpc) is 3.18. The number of hydrogen-bond acceptors (Lipinski definition) is 6. The Balaban J connectivity index is 1.47. The van der Waals surface area contributed by atoms with Crippen molar-refractivity contribution in [3.8, 4) is 10.4 Å². The Morgan fingerprint density at radius 3 is 2.66 bits per heavy atom. The van der Waals surface area contributed by atoms with E-state index in [9.17, 15) is 4.79 Å². The minimum atomic E-state index is 0.107. The number of carbonyl (C=O) groups is 1. The van der Waals surface area contributed by atoms with E-state index in [-0.39, 0.29) is 5.91 Å². The summed E-state index contributed by atoms with van der Waals surface area (Å²) in [5.74, 6) is 1.09. The molecule has 152 valence electrons. The number of amides is 1. The fourth-order valence-corrected chi connectivity index (χ4v) is 4.72. The Labute approximate surface area is 179 Å². The van der Waals surface area contributed by atoms with Crippen LogP contribution in [0, 0.1) is 0 Å². The molecule has 1 saturated heterocycles. The zero-order valence-electron chi connectivity index (χ0n) is 16.4. The molecule has 0 unspecified atom stereocenters. The van der Waals surface area contributed by atoms with Gasteiger partial charge in [-0.05, 0) is 30.2 Å². The number of anilines is 1. The molecule has 3 heterocycles.